The van der Waals surface area contributed by atoms with Crippen molar-refractivity contribution in [1.29, 1.82) is 0 Å². The Labute approximate surface area is 185 Å². The summed E-state index contributed by atoms with van der Waals surface area (Å²) < 4.78 is 9.10. The molecule has 7 nitrogen and oxygen atoms in total. The number of ether oxygens (including phenoxy) is 1. The van der Waals surface area contributed by atoms with Crippen molar-refractivity contribution in [2.75, 3.05) is 12.0 Å². The summed E-state index contributed by atoms with van der Waals surface area (Å²) in [4.78, 5) is 28.6. The average Bonchev–Trinajstić information content (AvgIpc) is 3.52. The molecule has 1 heterocycles. The summed E-state index contributed by atoms with van der Waals surface area (Å²) in [6.07, 6.45) is 4.11. The molecule has 4 rings (SSSR count). The van der Waals surface area contributed by atoms with Crippen molar-refractivity contribution in [2.45, 2.75) is 37.8 Å². The van der Waals surface area contributed by atoms with Gasteiger partial charge < -0.3 is 10.1 Å². The van der Waals surface area contributed by atoms with Crippen molar-refractivity contribution >= 4 is 29.0 Å². The minimum absolute atomic E-state index is 0.127. The number of carbonyl (C=O) groups is 2. The lowest BCUT2D eigenvalue weighted by Crippen LogP contribution is -2.46. The number of para-hydroxylation sites is 1. The second kappa shape index (κ2) is 9.70. The fourth-order valence-corrected chi connectivity index (χ4v) is 4.34. The van der Waals surface area contributed by atoms with Gasteiger partial charge in [0.2, 0.25) is 5.91 Å². The number of hydrogen-bond donors (Lipinski definition) is 1. The maximum absolute atomic E-state index is 13.6. The number of amides is 2. The zero-order valence-electron chi connectivity index (χ0n) is 17.2. The molecule has 1 atom stereocenters. The molecule has 1 saturated carbocycles. The Balaban J connectivity index is 1.78. The highest BCUT2D eigenvalue weighted by Gasteiger charge is 2.35. The molecule has 8 heteroatoms. The van der Waals surface area contributed by atoms with Crippen molar-refractivity contribution in [3.63, 3.8) is 0 Å². The van der Waals surface area contributed by atoms with Crippen molar-refractivity contribution in [1.82, 2.24) is 14.9 Å². The number of carbonyl (C=O) groups excluding carboxylic acids is 2. The van der Waals surface area contributed by atoms with E-state index in [1.165, 1.54) is 4.90 Å². The van der Waals surface area contributed by atoms with Crippen molar-refractivity contribution in [2.24, 2.45) is 0 Å². The Morgan fingerprint density at radius 3 is 2.42 bits per heavy atom. The molecule has 3 aromatic rings. The minimum atomic E-state index is -0.858. The molecule has 2 amide bonds. The summed E-state index contributed by atoms with van der Waals surface area (Å²) in [5.41, 5.74) is 1.51. The lowest BCUT2D eigenvalue weighted by atomic mass is 10.0. The SMILES string of the molecule is COc1ccc([C@@H](C(=O)NC2CCCC2)N(C(=O)c2csnn2)c2ccccc2)cc1. The van der Waals surface area contributed by atoms with Gasteiger partial charge in [0.15, 0.2) is 5.69 Å². The molecular formula is C23H24N4O3S. The number of hydrogen-bond acceptors (Lipinski definition) is 6. The topological polar surface area (TPSA) is 84.4 Å². The Hall–Kier alpha value is -3.26. The van der Waals surface area contributed by atoms with Crippen LogP contribution in [0.4, 0.5) is 5.69 Å². The van der Waals surface area contributed by atoms with Gasteiger partial charge in [-0.3, -0.25) is 14.5 Å². The van der Waals surface area contributed by atoms with Gasteiger partial charge >= 0.3 is 0 Å². The molecule has 2 aromatic carbocycles. The zero-order valence-corrected chi connectivity index (χ0v) is 18.0. The molecular weight excluding hydrogens is 412 g/mol. The summed E-state index contributed by atoms with van der Waals surface area (Å²) in [5, 5.41) is 8.71. The molecule has 1 aromatic heterocycles. The summed E-state index contributed by atoms with van der Waals surface area (Å²) in [6, 6.07) is 15.7. The Bertz CT molecular complexity index is 1000. The highest BCUT2D eigenvalue weighted by Crippen LogP contribution is 2.31. The smallest absolute Gasteiger partial charge is 0.280 e. The number of anilines is 1. The summed E-state index contributed by atoms with van der Waals surface area (Å²) >= 11 is 1.10. The molecule has 1 N–H and O–H groups in total. The van der Waals surface area contributed by atoms with E-state index in [1.54, 1.807) is 24.6 Å². The predicted molar refractivity (Wildman–Crippen MR) is 119 cm³/mol. The second-order valence-electron chi connectivity index (χ2n) is 7.47. The van der Waals surface area contributed by atoms with Crippen LogP contribution in [0.25, 0.3) is 0 Å². The molecule has 0 bridgehead atoms. The molecule has 1 aliphatic rings. The molecule has 0 unspecified atom stereocenters. The molecule has 1 fully saturated rings. The normalized spacial score (nSPS) is 14.7. The number of rotatable bonds is 7. The lowest BCUT2D eigenvalue weighted by molar-refractivity contribution is -0.123. The Kier molecular flexibility index (Phi) is 6.57. The van der Waals surface area contributed by atoms with Crippen LogP contribution in [0.3, 0.4) is 0 Å². The third-order valence-electron chi connectivity index (χ3n) is 5.47. The number of nitrogens with one attached hydrogen (secondary N) is 1. The van der Waals surface area contributed by atoms with Gasteiger partial charge in [-0.25, -0.2) is 0 Å². The van der Waals surface area contributed by atoms with Gasteiger partial charge in [0, 0.05) is 17.1 Å². The average molecular weight is 437 g/mol. The van der Waals surface area contributed by atoms with Crippen LogP contribution < -0.4 is 15.0 Å². The summed E-state index contributed by atoms with van der Waals surface area (Å²) in [6.45, 7) is 0. The van der Waals surface area contributed by atoms with Gasteiger partial charge in [0.25, 0.3) is 5.91 Å². The molecule has 0 radical (unpaired) electrons. The van der Waals surface area contributed by atoms with Gasteiger partial charge in [0.05, 0.1) is 7.11 Å². The first-order chi connectivity index (χ1) is 15.2. The fraction of sp³-hybridized carbons (Fsp3) is 0.304. The van der Waals surface area contributed by atoms with Crippen LogP contribution in [0.1, 0.15) is 47.8 Å². The van der Waals surface area contributed by atoms with E-state index in [0.29, 0.717) is 17.0 Å². The van der Waals surface area contributed by atoms with E-state index in [9.17, 15) is 9.59 Å². The zero-order chi connectivity index (χ0) is 21.6. The van der Waals surface area contributed by atoms with E-state index in [-0.39, 0.29) is 23.6 Å². The van der Waals surface area contributed by atoms with Crippen molar-refractivity contribution in [3.8, 4) is 5.75 Å². The Morgan fingerprint density at radius 2 is 1.81 bits per heavy atom. The van der Waals surface area contributed by atoms with E-state index in [2.05, 4.69) is 14.9 Å². The molecule has 160 valence electrons. The molecule has 1 aliphatic carbocycles. The van der Waals surface area contributed by atoms with Gasteiger partial charge in [-0.05, 0) is 54.2 Å². The maximum Gasteiger partial charge on any atom is 0.280 e. The summed E-state index contributed by atoms with van der Waals surface area (Å²) in [7, 11) is 1.59. The van der Waals surface area contributed by atoms with Gasteiger partial charge in [0.1, 0.15) is 11.8 Å². The van der Waals surface area contributed by atoms with Gasteiger partial charge in [-0.15, -0.1) is 5.10 Å². The molecule has 31 heavy (non-hydrogen) atoms. The number of methoxy groups -OCH3 is 1. The van der Waals surface area contributed by atoms with Crippen LogP contribution in [0, 0.1) is 0 Å². The first-order valence-electron chi connectivity index (χ1n) is 10.3. The molecule has 0 spiro atoms. The number of benzene rings is 2. The van der Waals surface area contributed by atoms with E-state index in [4.69, 9.17) is 4.74 Å². The predicted octanol–water partition coefficient (Wildman–Crippen LogP) is 3.99. The second-order valence-corrected chi connectivity index (χ2v) is 8.08. The van der Waals surface area contributed by atoms with E-state index in [1.807, 2.05) is 42.5 Å². The lowest BCUT2D eigenvalue weighted by Gasteiger charge is -2.32. The maximum atomic E-state index is 13.6. The van der Waals surface area contributed by atoms with E-state index < -0.39 is 6.04 Å². The first kappa shape index (κ1) is 21.0. The summed E-state index contributed by atoms with van der Waals surface area (Å²) in [5.74, 6) is 0.0970. The minimum Gasteiger partial charge on any atom is -0.497 e. The largest absolute Gasteiger partial charge is 0.497 e. The standard InChI is InChI=1S/C23H24N4O3S/c1-30-19-13-11-16(12-14-19)21(22(28)24-17-7-5-6-8-17)27(18-9-3-2-4-10-18)23(29)20-15-31-26-25-20/h2-4,9-15,17,21H,5-8H2,1H3,(H,24,28)/t21-/m0/s1. The Morgan fingerprint density at radius 1 is 1.10 bits per heavy atom. The highest BCUT2D eigenvalue weighted by atomic mass is 32.1. The van der Waals surface area contributed by atoms with Crippen molar-refractivity contribution < 1.29 is 14.3 Å². The number of nitrogens with zero attached hydrogens (tertiary/aromatic N) is 3. The van der Waals surface area contributed by atoms with E-state index in [0.717, 1.165) is 37.2 Å². The van der Waals surface area contributed by atoms with Crippen LogP contribution >= 0.6 is 11.5 Å². The first-order valence-corrected chi connectivity index (χ1v) is 11.1. The monoisotopic (exact) mass is 436 g/mol. The van der Waals surface area contributed by atoms with E-state index >= 15 is 0 Å². The van der Waals surface area contributed by atoms with Gasteiger partial charge in [-0.1, -0.05) is 47.7 Å². The fourth-order valence-electron chi connectivity index (χ4n) is 3.91. The van der Waals surface area contributed by atoms with Crippen LogP contribution in [-0.2, 0) is 4.79 Å². The highest BCUT2D eigenvalue weighted by molar-refractivity contribution is 7.03. The van der Waals surface area contributed by atoms with Crippen molar-refractivity contribution in [3.05, 3.63) is 71.2 Å². The third-order valence-corrected chi connectivity index (χ3v) is 5.98. The van der Waals surface area contributed by atoms with Gasteiger partial charge in [-0.2, -0.15) is 0 Å². The van der Waals surface area contributed by atoms with Crippen LogP contribution in [0.15, 0.2) is 60.0 Å². The quantitative estimate of drug-likeness (QED) is 0.605. The van der Waals surface area contributed by atoms with Crippen LogP contribution in [-0.4, -0.2) is 34.6 Å². The third kappa shape index (κ3) is 4.74. The van der Waals surface area contributed by atoms with Crippen LogP contribution in [0.5, 0.6) is 5.75 Å². The number of aromatic nitrogens is 2. The molecule has 0 aliphatic heterocycles. The molecule has 0 saturated heterocycles. The van der Waals surface area contributed by atoms with Crippen LogP contribution in [0.2, 0.25) is 0 Å².